The Kier molecular flexibility index (Phi) is 7.41. The molecule has 0 bridgehead atoms. The van der Waals surface area contributed by atoms with E-state index in [0.717, 1.165) is 5.56 Å². The molecule has 0 fully saturated rings. The molecule has 5 nitrogen and oxygen atoms in total. The molecule has 0 amide bonds. The molecule has 0 saturated carbocycles. The highest BCUT2D eigenvalue weighted by Crippen LogP contribution is 2.30. The van der Waals surface area contributed by atoms with Crippen molar-refractivity contribution in [1.29, 1.82) is 0 Å². The summed E-state index contributed by atoms with van der Waals surface area (Å²) >= 11 is 0. The Bertz CT molecular complexity index is 1200. The maximum Gasteiger partial charge on any atom is 0.256 e. The van der Waals surface area contributed by atoms with Crippen LogP contribution in [-0.4, -0.2) is 27.1 Å². The maximum absolute atomic E-state index is 15.1. The van der Waals surface area contributed by atoms with Gasteiger partial charge in [0.1, 0.15) is 6.17 Å². The van der Waals surface area contributed by atoms with E-state index in [1.807, 2.05) is 12.1 Å². The van der Waals surface area contributed by atoms with E-state index < -0.39 is 32.8 Å². The topological polar surface area (TPSA) is 71.5 Å². The molecule has 0 aliphatic carbocycles. The van der Waals surface area contributed by atoms with E-state index in [9.17, 15) is 16.8 Å². The molecule has 0 aliphatic rings. The molecule has 0 aromatic heterocycles. The fourth-order valence-electron chi connectivity index (χ4n) is 3.37. The highest BCUT2D eigenvalue weighted by molar-refractivity contribution is 8.04. The van der Waals surface area contributed by atoms with Crippen LogP contribution < -0.4 is 0 Å². The van der Waals surface area contributed by atoms with E-state index in [-0.39, 0.29) is 21.6 Å². The fourth-order valence-corrected chi connectivity index (χ4v) is 7.08. The fraction of sp³-hybridized carbons (Fsp3) is 0.280. The first kappa shape index (κ1) is 25.1. The van der Waals surface area contributed by atoms with Crippen LogP contribution >= 0.6 is 0 Å². The lowest BCUT2D eigenvalue weighted by molar-refractivity contribution is 0.311. The molecule has 8 heteroatoms. The zero-order valence-electron chi connectivity index (χ0n) is 18.8. The number of halogens is 1. The van der Waals surface area contributed by atoms with Crippen molar-refractivity contribution in [3.63, 3.8) is 0 Å². The van der Waals surface area contributed by atoms with Gasteiger partial charge >= 0.3 is 0 Å². The van der Waals surface area contributed by atoms with Crippen molar-refractivity contribution in [2.45, 2.75) is 48.6 Å². The van der Waals surface area contributed by atoms with E-state index in [1.165, 1.54) is 48.5 Å². The highest BCUT2D eigenvalue weighted by atomic mass is 32.3. The average Bonchev–Trinajstić information content (AvgIpc) is 2.79. The molecule has 1 atom stereocenters. The predicted octanol–water partition coefficient (Wildman–Crippen LogP) is 5.46. The minimum Gasteiger partial charge on any atom is -0.242 e. The van der Waals surface area contributed by atoms with Gasteiger partial charge in [-0.1, -0.05) is 85.1 Å². The van der Waals surface area contributed by atoms with Gasteiger partial charge in [0.15, 0.2) is 0 Å². The summed E-state index contributed by atoms with van der Waals surface area (Å²) in [4.78, 5) is -0.344. The summed E-state index contributed by atoms with van der Waals surface area (Å²) in [6, 6.07) is 21.6. The summed E-state index contributed by atoms with van der Waals surface area (Å²) in [7, 11) is -8.86. The van der Waals surface area contributed by atoms with Gasteiger partial charge < -0.3 is 0 Å². The molecule has 33 heavy (non-hydrogen) atoms. The molecule has 176 valence electrons. The zero-order valence-corrected chi connectivity index (χ0v) is 20.5. The monoisotopic (exact) mass is 489 g/mol. The Morgan fingerprint density at radius 2 is 1.15 bits per heavy atom. The summed E-state index contributed by atoms with van der Waals surface area (Å²) in [5.41, 5.74) is 1.32. The average molecular weight is 490 g/mol. The predicted molar refractivity (Wildman–Crippen MR) is 128 cm³/mol. The lowest BCUT2D eigenvalue weighted by Gasteiger charge is -2.23. The van der Waals surface area contributed by atoms with Crippen LogP contribution in [0.2, 0.25) is 0 Å². The van der Waals surface area contributed by atoms with Crippen molar-refractivity contribution < 1.29 is 21.2 Å². The molecule has 1 unspecified atom stereocenters. The SMILES string of the molecule is CC(C)(C)c1ccc(C(F)CCN(S(=O)(=O)c2ccccc2)S(=O)(=O)c2ccccc2)cc1. The van der Waals surface area contributed by atoms with Gasteiger partial charge in [0.2, 0.25) is 0 Å². The molecule has 3 aromatic carbocycles. The quantitative estimate of drug-likeness (QED) is 0.421. The Balaban J connectivity index is 1.92. The Morgan fingerprint density at radius 1 is 0.727 bits per heavy atom. The van der Waals surface area contributed by atoms with E-state index in [4.69, 9.17) is 0 Å². The van der Waals surface area contributed by atoms with E-state index in [0.29, 0.717) is 9.27 Å². The number of hydrogen-bond donors (Lipinski definition) is 0. The normalized spacial score (nSPS) is 13.7. The van der Waals surface area contributed by atoms with E-state index in [2.05, 4.69) is 20.8 Å². The maximum atomic E-state index is 15.1. The number of hydrogen-bond acceptors (Lipinski definition) is 4. The molecule has 0 N–H and O–H groups in total. The first-order valence-corrected chi connectivity index (χ1v) is 13.4. The molecule has 0 radical (unpaired) electrons. The van der Waals surface area contributed by atoms with Gasteiger partial charge in [-0.2, -0.15) is 0 Å². The van der Waals surface area contributed by atoms with E-state index in [1.54, 1.807) is 24.3 Å². The smallest absolute Gasteiger partial charge is 0.242 e. The Labute approximate surface area is 196 Å². The van der Waals surface area contributed by atoms with Crippen molar-refractivity contribution >= 4 is 20.0 Å². The molecule has 3 aromatic rings. The van der Waals surface area contributed by atoms with Crippen LogP contribution in [0.1, 0.15) is 44.5 Å². The van der Waals surface area contributed by atoms with Crippen molar-refractivity contribution in [3.05, 3.63) is 96.1 Å². The van der Waals surface area contributed by atoms with Gasteiger partial charge in [0.25, 0.3) is 20.0 Å². The third kappa shape index (κ3) is 5.69. The van der Waals surface area contributed by atoms with Gasteiger partial charge in [-0.3, -0.25) is 0 Å². The summed E-state index contributed by atoms with van der Waals surface area (Å²) in [5.74, 6) is 0. The lowest BCUT2D eigenvalue weighted by atomic mass is 9.86. The van der Waals surface area contributed by atoms with Crippen LogP contribution in [0.4, 0.5) is 4.39 Å². The van der Waals surface area contributed by atoms with Gasteiger partial charge in [-0.05, 0) is 47.2 Å². The summed E-state index contributed by atoms with van der Waals surface area (Å²) < 4.78 is 68.6. The molecule has 0 aliphatic heterocycles. The molecule has 0 saturated heterocycles. The second-order valence-electron chi connectivity index (χ2n) is 8.76. The third-order valence-corrected chi connectivity index (χ3v) is 9.67. The number of benzene rings is 3. The minimum atomic E-state index is -4.43. The molecular weight excluding hydrogens is 461 g/mol. The zero-order chi connectivity index (χ0) is 24.3. The largest absolute Gasteiger partial charge is 0.256 e. The van der Waals surface area contributed by atoms with Crippen molar-refractivity contribution in [2.24, 2.45) is 0 Å². The number of alkyl halides is 1. The molecule has 0 heterocycles. The van der Waals surface area contributed by atoms with Crippen LogP contribution in [0, 0.1) is 0 Å². The van der Waals surface area contributed by atoms with Crippen LogP contribution in [0.25, 0.3) is 0 Å². The number of sulfonamides is 2. The van der Waals surface area contributed by atoms with Gasteiger partial charge in [0.05, 0.1) is 9.79 Å². The van der Waals surface area contributed by atoms with Gasteiger partial charge in [-0.15, -0.1) is 0 Å². The van der Waals surface area contributed by atoms with Crippen LogP contribution in [-0.2, 0) is 25.5 Å². The van der Waals surface area contributed by atoms with Crippen LogP contribution in [0.15, 0.2) is 94.7 Å². The van der Waals surface area contributed by atoms with Crippen molar-refractivity contribution in [2.75, 3.05) is 6.54 Å². The van der Waals surface area contributed by atoms with Gasteiger partial charge in [0, 0.05) is 6.54 Å². The van der Waals surface area contributed by atoms with Crippen LogP contribution in [0.3, 0.4) is 0 Å². The third-order valence-electron chi connectivity index (χ3n) is 5.32. The first-order chi connectivity index (χ1) is 15.4. The Morgan fingerprint density at radius 3 is 1.55 bits per heavy atom. The number of rotatable bonds is 8. The lowest BCUT2D eigenvalue weighted by Crippen LogP contribution is -2.38. The summed E-state index contributed by atoms with van der Waals surface area (Å²) in [5, 5.41) is 0. The molecule has 0 spiro atoms. The minimum absolute atomic E-state index is 0.0886. The second-order valence-corrected chi connectivity index (χ2v) is 12.7. The Hall–Kier alpha value is -2.55. The first-order valence-electron chi connectivity index (χ1n) is 10.6. The summed E-state index contributed by atoms with van der Waals surface area (Å²) in [6.45, 7) is 5.62. The van der Waals surface area contributed by atoms with Crippen molar-refractivity contribution in [1.82, 2.24) is 3.71 Å². The second kappa shape index (κ2) is 9.75. The van der Waals surface area contributed by atoms with E-state index >= 15 is 4.39 Å². The standard InChI is InChI=1S/C25H28FNO4S2/c1-25(2,3)21-16-14-20(15-17-21)24(26)18-19-27(32(28,29)22-10-6-4-7-11-22)33(30,31)23-12-8-5-9-13-23/h4-17,24H,18-19H2,1-3H3. The highest BCUT2D eigenvalue weighted by Gasteiger charge is 2.36. The van der Waals surface area contributed by atoms with Crippen molar-refractivity contribution in [3.8, 4) is 0 Å². The molecular formula is C25H28FNO4S2. The molecule has 3 rings (SSSR count). The van der Waals surface area contributed by atoms with Gasteiger partial charge in [-0.25, -0.2) is 21.2 Å². The number of nitrogens with zero attached hydrogens (tertiary/aromatic N) is 1. The van der Waals surface area contributed by atoms with Crippen LogP contribution in [0.5, 0.6) is 0 Å². The summed E-state index contributed by atoms with van der Waals surface area (Å²) in [6.07, 6.45) is -1.84.